The van der Waals surface area contributed by atoms with Crippen LogP contribution in [0.5, 0.6) is 0 Å². The minimum Gasteiger partial charge on any atom is -0.481 e. The first kappa shape index (κ1) is 19.8. The van der Waals surface area contributed by atoms with Gasteiger partial charge in [0.15, 0.2) is 0 Å². The number of aliphatic carboxylic acids is 1. The number of carbonyl (C=O) groups is 1. The van der Waals surface area contributed by atoms with Crippen LogP contribution in [0.4, 0.5) is 0 Å². The summed E-state index contributed by atoms with van der Waals surface area (Å²) < 4.78 is 0. The van der Waals surface area contributed by atoms with Crippen LogP contribution in [-0.2, 0) is 4.79 Å². The molecule has 24 heavy (non-hydrogen) atoms. The van der Waals surface area contributed by atoms with E-state index in [4.69, 9.17) is 5.11 Å². The maximum atomic E-state index is 10.5. The zero-order valence-electron chi connectivity index (χ0n) is 16.0. The maximum absolute atomic E-state index is 10.5. The van der Waals surface area contributed by atoms with Crippen molar-refractivity contribution in [1.29, 1.82) is 0 Å². The highest BCUT2D eigenvalue weighted by Gasteiger charge is 2.30. The molecule has 0 heterocycles. The van der Waals surface area contributed by atoms with Crippen molar-refractivity contribution < 1.29 is 9.90 Å². The molecule has 2 aliphatic carbocycles. The van der Waals surface area contributed by atoms with Crippen molar-refractivity contribution in [3.05, 3.63) is 0 Å². The largest absolute Gasteiger partial charge is 0.481 e. The fourth-order valence-corrected chi connectivity index (χ4v) is 5.28. The fourth-order valence-electron chi connectivity index (χ4n) is 5.28. The molecule has 0 unspecified atom stereocenters. The predicted molar refractivity (Wildman–Crippen MR) is 101 cm³/mol. The number of hydrogen-bond acceptors (Lipinski definition) is 1. The van der Waals surface area contributed by atoms with E-state index in [1.807, 2.05) is 0 Å². The second-order valence-electron chi connectivity index (χ2n) is 8.70. The Kier molecular flexibility index (Phi) is 9.20. The highest BCUT2D eigenvalue weighted by Crippen LogP contribution is 2.43. The third-order valence-corrected chi connectivity index (χ3v) is 6.92. The lowest BCUT2D eigenvalue weighted by Crippen LogP contribution is -2.25. The van der Waals surface area contributed by atoms with E-state index in [0.717, 1.165) is 36.5 Å². The van der Waals surface area contributed by atoms with Gasteiger partial charge in [-0.15, -0.1) is 0 Å². The van der Waals surface area contributed by atoms with Gasteiger partial charge in [-0.3, -0.25) is 4.79 Å². The first-order valence-electron chi connectivity index (χ1n) is 10.9. The second kappa shape index (κ2) is 11.2. The Morgan fingerprint density at radius 3 is 1.71 bits per heavy atom. The Labute approximate surface area is 149 Å². The SMILES string of the molecule is CCCCC1CCC(C2CCC(CCCCCC(=O)O)CC2)CC1. The monoisotopic (exact) mass is 336 g/mol. The van der Waals surface area contributed by atoms with Gasteiger partial charge in [0.05, 0.1) is 0 Å². The summed E-state index contributed by atoms with van der Waals surface area (Å²) in [5, 5.41) is 8.67. The Morgan fingerprint density at radius 1 is 0.750 bits per heavy atom. The second-order valence-corrected chi connectivity index (χ2v) is 8.70. The molecule has 2 fully saturated rings. The van der Waals surface area contributed by atoms with E-state index in [2.05, 4.69) is 6.92 Å². The predicted octanol–water partition coefficient (Wildman–Crippen LogP) is 6.82. The van der Waals surface area contributed by atoms with E-state index in [1.165, 1.54) is 83.5 Å². The summed E-state index contributed by atoms with van der Waals surface area (Å²) in [6.45, 7) is 2.32. The molecule has 0 aromatic carbocycles. The van der Waals surface area contributed by atoms with Crippen molar-refractivity contribution in [1.82, 2.24) is 0 Å². The number of rotatable bonds is 10. The Balaban J connectivity index is 1.54. The standard InChI is InChI=1S/C22H40O2/c1-2-3-7-18-10-14-20(15-11-18)21-16-12-19(13-17-21)8-5-4-6-9-22(23)24/h18-21H,2-17H2,1H3,(H,23,24). The maximum Gasteiger partial charge on any atom is 0.303 e. The van der Waals surface area contributed by atoms with Gasteiger partial charge in [0.2, 0.25) is 0 Å². The molecular formula is C22H40O2. The molecule has 0 aromatic heterocycles. The van der Waals surface area contributed by atoms with E-state index in [1.54, 1.807) is 0 Å². The molecule has 0 aromatic rings. The van der Waals surface area contributed by atoms with Crippen LogP contribution in [0.2, 0.25) is 0 Å². The lowest BCUT2D eigenvalue weighted by atomic mass is 9.68. The average molecular weight is 337 g/mol. The van der Waals surface area contributed by atoms with E-state index in [9.17, 15) is 4.79 Å². The molecule has 0 saturated heterocycles. The van der Waals surface area contributed by atoms with E-state index >= 15 is 0 Å². The summed E-state index contributed by atoms with van der Waals surface area (Å²) in [6.07, 6.45) is 21.1. The van der Waals surface area contributed by atoms with Gasteiger partial charge in [-0.05, 0) is 55.8 Å². The summed E-state index contributed by atoms with van der Waals surface area (Å²) >= 11 is 0. The molecular weight excluding hydrogens is 296 g/mol. The molecule has 0 aliphatic heterocycles. The zero-order valence-corrected chi connectivity index (χ0v) is 16.0. The van der Waals surface area contributed by atoms with E-state index in [0.29, 0.717) is 6.42 Å². The van der Waals surface area contributed by atoms with Crippen LogP contribution in [0.25, 0.3) is 0 Å². The summed E-state index contributed by atoms with van der Waals surface area (Å²) in [4.78, 5) is 10.5. The molecule has 1 N–H and O–H groups in total. The first-order valence-corrected chi connectivity index (χ1v) is 10.9. The van der Waals surface area contributed by atoms with E-state index < -0.39 is 5.97 Å². The lowest BCUT2D eigenvalue weighted by Gasteiger charge is -2.38. The molecule has 140 valence electrons. The number of carboxylic acid groups (broad SMARTS) is 1. The topological polar surface area (TPSA) is 37.3 Å². The average Bonchev–Trinajstić information content (AvgIpc) is 2.60. The molecule has 0 bridgehead atoms. The van der Waals surface area contributed by atoms with Crippen LogP contribution >= 0.6 is 0 Å². The quantitative estimate of drug-likeness (QED) is 0.444. The van der Waals surface area contributed by atoms with Crippen LogP contribution in [-0.4, -0.2) is 11.1 Å². The molecule has 2 rings (SSSR count). The van der Waals surface area contributed by atoms with Crippen molar-refractivity contribution in [3.63, 3.8) is 0 Å². The number of unbranched alkanes of at least 4 members (excludes halogenated alkanes) is 3. The van der Waals surface area contributed by atoms with Crippen LogP contribution in [0.1, 0.15) is 110 Å². The van der Waals surface area contributed by atoms with Gasteiger partial charge in [-0.2, -0.15) is 0 Å². The van der Waals surface area contributed by atoms with Crippen LogP contribution < -0.4 is 0 Å². The third kappa shape index (κ3) is 7.15. The highest BCUT2D eigenvalue weighted by molar-refractivity contribution is 5.66. The molecule has 0 atom stereocenters. The smallest absolute Gasteiger partial charge is 0.303 e. The Bertz CT molecular complexity index is 336. The van der Waals surface area contributed by atoms with E-state index in [-0.39, 0.29) is 0 Å². The van der Waals surface area contributed by atoms with Crippen molar-refractivity contribution in [3.8, 4) is 0 Å². The van der Waals surface area contributed by atoms with Gasteiger partial charge in [-0.25, -0.2) is 0 Å². The minimum atomic E-state index is -0.639. The normalized spacial score (nSPS) is 31.0. The van der Waals surface area contributed by atoms with Crippen molar-refractivity contribution >= 4 is 5.97 Å². The van der Waals surface area contributed by atoms with Gasteiger partial charge in [-0.1, -0.05) is 71.1 Å². The van der Waals surface area contributed by atoms with Crippen molar-refractivity contribution in [2.75, 3.05) is 0 Å². The molecule has 0 amide bonds. The molecule has 2 aliphatic rings. The zero-order chi connectivity index (χ0) is 17.2. The van der Waals surface area contributed by atoms with Crippen LogP contribution in [0.3, 0.4) is 0 Å². The Morgan fingerprint density at radius 2 is 1.25 bits per heavy atom. The minimum absolute atomic E-state index is 0.355. The lowest BCUT2D eigenvalue weighted by molar-refractivity contribution is -0.137. The fraction of sp³-hybridized carbons (Fsp3) is 0.955. The summed E-state index contributed by atoms with van der Waals surface area (Å²) in [5.41, 5.74) is 0. The summed E-state index contributed by atoms with van der Waals surface area (Å²) in [5.74, 6) is 3.41. The van der Waals surface area contributed by atoms with Gasteiger partial charge < -0.3 is 5.11 Å². The van der Waals surface area contributed by atoms with Crippen molar-refractivity contribution in [2.45, 2.75) is 110 Å². The van der Waals surface area contributed by atoms with Crippen molar-refractivity contribution in [2.24, 2.45) is 23.7 Å². The first-order chi connectivity index (χ1) is 11.7. The summed E-state index contributed by atoms with van der Waals surface area (Å²) in [7, 11) is 0. The molecule has 2 nitrogen and oxygen atoms in total. The van der Waals surface area contributed by atoms with Gasteiger partial charge in [0, 0.05) is 6.42 Å². The highest BCUT2D eigenvalue weighted by atomic mass is 16.4. The summed E-state index contributed by atoms with van der Waals surface area (Å²) in [6, 6.07) is 0. The van der Waals surface area contributed by atoms with Gasteiger partial charge >= 0.3 is 5.97 Å². The molecule has 2 saturated carbocycles. The molecule has 0 spiro atoms. The van der Waals surface area contributed by atoms with Crippen LogP contribution in [0.15, 0.2) is 0 Å². The van der Waals surface area contributed by atoms with Crippen LogP contribution in [0, 0.1) is 23.7 Å². The third-order valence-electron chi connectivity index (χ3n) is 6.92. The molecule has 2 heteroatoms. The Hall–Kier alpha value is -0.530. The molecule has 0 radical (unpaired) electrons. The van der Waals surface area contributed by atoms with Gasteiger partial charge in [0.25, 0.3) is 0 Å². The number of hydrogen-bond donors (Lipinski definition) is 1. The van der Waals surface area contributed by atoms with Gasteiger partial charge in [0.1, 0.15) is 0 Å². The number of carboxylic acids is 1.